The third-order valence-corrected chi connectivity index (χ3v) is 5.65. The van der Waals surface area contributed by atoms with Crippen LogP contribution in [-0.2, 0) is 9.59 Å². The molecule has 0 radical (unpaired) electrons. The van der Waals surface area contributed by atoms with Crippen LogP contribution in [0.1, 0.15) is 25.1 Å². The van der Waals surface area contributed by atoms with E-state index in [1.54, 1.807) is 24.3 Å². The maximum absolute atomic E-state index is 13.0. The number of benzene rings is 1. The Bertz CT molecular complexity index is 910. The Hall–Kier alpha value is -3.16. The van der Waals surface area contributed by atoms with Gasteiger partial charge in [0.25, 0.3) is 0 Å². The van der Waals surface area contributed by atoms with Crippen LogP contribution in [0.2, 0.25) is 0 Å². The van der Waals surface area contributed by atoms with Gasteiger partial charge in [0, 0.05) is 56.8 Å². The molecule has 2 saturated heterocycles. The number of aryl methyl sites for hydroxylation is 1. The third kappa shape index (κ3) is 4.37. The zero-order valence-electron chi connectivity index (χ0n) is 17.3. The first-order chi connectivity index (χ1) is 14.5. The summed E-state index contributed by atoms with van der Waals surface area (Å²) in [4.78, 5) is 37.4. The van der Waals surface area contributed by atoms with Crippen LogP contribution in [0.5, 0.6) is 11.6 Å². The fraction of sp³-hybridized carbons (Fsp3) is 0.455. The number of piperidine rings is 1. The molecule has 4 rings (SSSR count). The molecule has 1 unspecified atom stereocenters. The number of ether oxygens (including phenoxy) is 2. The Labute approximate surface area is 175 Å². The van der Waals surface area contributed by atoms with Crippen molar-refractivity contribution in [2.75, 3.05) is 31.6 Å². The summed E-state index contributed by atoms with van der Waals surface area (Å²) < 4.78 is 11.1. The lowest BCUT2D eigenvalue weighted by molar-refractivity contribution is -0.137. The van der Waals surface area contributed by atoms with Crippen molar-refractivity contribution >= 4 is 17.5 Å². The van der Waals surface area contributed by atoms with E-state index in [1.807, 2.05) is 36.1 Å². The second-order valence-electron chi connectivity index (χ2n) is 7.69. The summed E-state index contributed by atoms with van der Waals surface area (Å²) in [5.41, 5.74) is 0.795. The van der Waals surface area contributed by atoms with Crippen LogP contribution in [0.3, 0.4) is 0 Å². The van der Waals surface area contributed by atoms with Gasteiger partial charge in [-0.1, -0.05) is 0 Å². The highest BCUT2D eigenvalue weighted by Crippen LogP contribution is 2.29. The SMILES string of the molecule is COc1ccc(N2CC(C(=O)N3CCC(Oc4ccnc(C)n4)CC3)CC2=O)cc1. The number of carbonyl (C=O) groups excluding carboxylic acids is 2. The first-order valence-electron chi connectivity index (χ1n) is 10.2. The quantitative estimate of drug-likeness (QED) is 0.751. The highest BCUT2D eigenvalue weighted by molar-refractivity contribution is 6.00. The number of amides is 2. The summed E-state index contributed by atoms with van der Waals surface area (Å²) in [5.74, 6) is 1.71. The molecule has 1 aromatic carbocycles. The molecule has 30 heavy (non-hydrogen) atoms. The van der Waals surface area contributed by atoms with Gasteiger partial charge in [-0.2, -0.15) is 4.98 Å². The maximum Gasteiger partial charge on any atom is 0.228 e. The summed E-state index contributed by atoms with van der Waals surface area (Å²) in [5, 5.41) is 0. The minimum absolute atomic E-state index is 0.0177. The van der Waals surface area contributed by atoms with Crippen LogP contribution >= 0.6 is 0 Å². The van der Waals surface area contributed by atoms with Gasteiger partial charge in [-0.15, -0.1) is 0 Å². The highest BCUT2D eigenvalue weighted by Gasteiger charge is 2.38. The van der Waals surface area contributed by atoms with E-state index in [0.29, 0.717) is 31.3 Å². The van der Waals surface area contributed by atoms with E-state index in [0.717, 1.165) is 24.3 Å². The molecule has 8 heteroatoms. The smallest absolute Gasteiger partial charge is 0.228 e. The summed E-state index contributed by atoms with van der Waals surface area (Å²) in [7, 11) is 1.60. The Morgan fingerprint density at radius 2 is 1.87 bits per heavy atom. The van der Waals surface area contributed by atoms with E-state index in [2.05, 4.69) is 9.97 Å². The molecule has 8 nitrogen and oxygen atoms in total. The summed E-state index contributed by atoms with van der Waals surface area (Å²) in [6.45, 7) is 3.49. The average molecular weight is 410 g/mol. The summed E-state index contributed by atoms with van der Waals surface area (Å²) >= 11 is 0. The normalized spacial score (nSPS) is 19.8. The molecular formula is C22H26N4O4. The predicted molar refractivity (Wildman–Crippen MR) is 110 cm³/mol. The van der Waals surface area contributed by atoms with Crippen LogP contribution in [0.15, 0.2) is 36.5 Å². The monoisotopic (exact) mass is 410 g/mol. The summed E-state index contributed by atoms with van der Waals surface area (Å²) in [6, 6.07) is 9.09. The van der Waals surface area contributed by atoms with Crippen molar-refractivity contribution in [2.24, 2.45) is 5.92 Å². The van der Waals surface area contributed by atoms with Gasteiger partial charge in [0.15, 0.2) is 0 Å². The fourth-order valence-corrected chi connectivity index (χ4v) is 4.01. The van der Waals surface area contributed by atoms with E-state index < -0.39 is 0 Å². The molecule has 1 atom stereocenters. The number of hydrogen-bond acceptors (Lipinski definition) is 6. The Morgan fingerprint density at radius 3 is 2.53 bits per heavy atom. The van der Waals surface area contributed by atoms with E-state index in [-0.39, 0.29) is 30.3 Å². The number of anilines is 1. The van der Waals surface area contributed by atoms with E-state index in [9.17, 15) is 9.59 Å². The maximum atomic E-state index is 13.0. The standard InChI is InChI=1S/C22H26N4O4/c1-15-23-10-7-20(24-15)30-19-8-11-25(12-9-19)22(28)16-13-21(27)26(14-16)17-3-5-18(29-2)6-4-17/h3-7,10,16,19H,8-9,11-14H2,1-2H3. The molecule has 0 saturated carbocycles. The molecule has 3 heterocycles. The van der Waals surface area contributed by atoms with Crippen LogP contribution in [0.4, 0.5) is 5.69 Å². The minimum atomic E-state index is -0.304. The topological polar surface area (TPSA) is 84.9 Å². The average Bonchev–Trinajstić information content (AvgIpc) is 3.15. The van der Waals surface area contributed by atoms with Crippen LogP contribution in [0.25, 0.3) is 0 Å². The van der Waals surface area contributed by atoms with Crippen LogP contribution in [-0.4, -0.2) is 59.5 Å². The molecule has 2 aliphatic heterocycles. The lowest BCUT2D eigenvalue weighted by Crippen LogP contribution is -2.45. The lowest BCUT2D eigenvalue weighted by Gasteiger charge is -2.33. The molecule has 2 amide bonds. The van der Waals surface area contributed by atoms with Gasteiger partial charge in [-0.05, 0) is 31.2 Å². The first kappa shape index (κ1) is 20.1. The molecule has 2 fully saturated rings. The van der Waals surface area contributed by atoms with Gasteiger partial charge in [0.05, 0.1) is 13.0 Å². The van der Waals surface area contributed by atoms with E-state index in [1.165, 1.54) is 0 Å². The molecule has 2 aromatic rings. The number of carbonyl (C=O) groups is 2. The minimum Gasteiger partial charge on any atom is -0.497 e. The second-order valence-corrected chi connectivity index (χ2v) is 7.69. The molecule has 0 N–H and O–H groups in total. The third-order valence-electron chi connectivity index (χ3n) is 5.65. The lowest BCUT2D eigenvalue weighted by atomic mass is 10.0. The van der Waals surface area contributed by atoms with Crippen molar-refractivity contribution in [1.29, 1.82) is 0 Å². The molecule has 0 aliphatic carbocycles. The van der Waals surface area contributed by atoms with Crippen molar-refractivity contribution in [1.82, 2.24) is 14.9 Å². The Balaban J connectivity index is 1.31. The first-order valence-corrected chi connectivity index (χ1v) is 10.2. The van der Waals surface area contributed by atoms with Crippen molar-refractivity contribution in [2.45, 2.75) is 32.3 Å². The van der Waals surface area contributed by atoms with Crippen LogP contribution in [0, 0.1) is 12.8 Å². The van der Waals surface area contributed by atoms with Crippen molar-refractivity contribution in [3.8, 4) is 11.6 Å². The molecule has 0 spiro atoms. The van der Waals surface area contributed by atoms with Crippen LogP contribution < -0.4 is 14.4 Å². The van der Waals surface area contributed by atoms with Crippen molar-refractivity contribution in [3.63, 3.8) is 0 Å². The second kappa shape index (κ2) is 8.69. The largest absolute Gasteiger partial charge is 0.497 e. The van der Waals surface area contributed by atoms with Gasteiger partial charge >= 0.3 is 0 Å². The van der Waals surface area contributed by atoms with Gasteiger partial charge < -0.3 is 19.3 Å². The number of hydrogen-bond donors (Lipinski definition) is 0. The number of aromatic nitrogens is 2. The number of methoxy groups -OCH3 is 1. The molecule has 1 aromatic heterocycles. The Morgan fingerprint density at radius 1 is 1.13 bits per heavy atom. The van der Waals surface area contributed by atoms with Gasteiger partial charge in [0.2, 0.25) is 17.7 Å². The number of likely N-dealkylation sites (tertiary alicyclic amines) is 1. The number of rotatable bonds is 5. The number of nitrogens with zero attached hydrogens (tertiary/aromatic N) is 4. The van der Waals surface area contributed by atoms with Gasteiger partial charge in [-0.3, -0.25) is 9.59 Å². The molecule has 2 aliphatic rings. The van der Waals surface area contributed by atoms with E-state index >= 15 is 0 Å². The molecule has 0 bridgehead atoms. The highest BCUT2D eigenvalue weighted by atomic mass is 16.5. The van der Waals surface area contributed by atoms with Gasteiger partial charge in [0.1, 0.15) is 17.7 Å². The zero-order chi connectivity index (χ0) is 21.1. The molecular weight excluding hydrogens is 384 g/mol. The van der Waals surface area contributed by atoms with Gasteiger partial charge in [-0.25, -0.2) is 4.98 Å². The van der Waals surface area contributed by atoms with Crippen molar-refractivity contribution in [3.05, 3.63) is 42.4 Å². The molecule has 158 valence electrons. The Kier molecular flexibility index (Phi) is 5.83. The predicted octanol–water partition coefficient (Wildman–Crippen LogP) is 2.22. The van der Waals surface area contributed by atoms with E-state index in [4.69, 9.17) is 9.47 Å². The fourth-order valence-electron chi connectivity index (χ4n) is 4.01. The van der Waals surface area contributed by atoms with Crippen molar-refractivity contribution < 1.29 is 19.1 Å². The zero-order valence-corrected chi connectivity index (χ0v) is 17.3. The summed E-state index contributed by atoms with van der Waals surface area (Å²) in [6.07, 6.45) is 3.46.